The molecule has 4 nitrogen and oxygen atoms in total. The number of aryl methyl sites for hydroxylation is 2. The van der Waals surface area contributed by atoms with Crippen molar-refractivity contribution in [2.75, 3.05) is 17.2 Å². The Hall–Kier alpha value is -1.62. The van der Waals surface area contributed by atoms with Crippen LogP contribution in [0.2, 0.25) is 0 Å². The maximum Gasteiger partial charge on any atom is 0.135 e. The average molecular weight is 290 g/mol. The van der Waals surface area contributed by atoms with Crippen molar-refractivity contribution in [1.82, 2.24) is 9.97 Å². The van der Waals surface area contributed by atoms with Gasteiger partial charge in [-0.3, -0.25) is 0 Å². The number of aromatic nitrogens is 2. The van der Waals surface area contributed by atoms with Gasteiger partial charge in [-0.15, -0.1) is 11.3 Å². The van der Waals surface area contributed by atoms with Crippen molar-refractivity contribution >= 4 is 23.0 Å². The summed E-state index contributed by atoms with van der Waals surface area (Å²) in [4.78, 5) is 11.6. The number of thiophene rings is 1. The maximum atomic E-state index is 4.51. The van der Waals surface area contributed by atoms with Crippen LogP contribution in [0.3, 0.4) is 0 Å². The first-order valence-electron chi connectivity index (χ1n) is 6.98. The normalized spacial score (nSPS) is 10.6. The standard InChI is InChI=1S/C15H22N4S/c1-5-8-16-14-11(3)15(19-12(4)18-14)17-9-13-7-6-10(2)20-13/h6-7H,5,8-9H2,1-4H3,(H2,16,17,18,19). The minimum atomic E-state index is 0.791. The molecule has 0 fully saturated rings. The first kappa shape index (κ1) is 14.8. The zero-order valence-electron chi connectivity index (χ0n) is 12.6. The van der Waals surface area contributed by atoms with Crippen LogP contribution in [-0.4, -0.2) is 16.5 Å². The van der Waals surface area contributed by atoms with Gasteiger partial charge in [0.05, 0.1) is 6.54 Å². The molecular formula is C15H22N4S. The van der Waals surface area contributed by atoms with Crippen LogP contribution in [0.4, 0.5) is 11.6 Å². The van der Waals surface area contributed by atoms with E-state index in [0.29, 0.717) is 0 Å². The molecule has 0 spiro atoms. The molecule has 0 saturated heterocycles. The zero-order chi connectivity index (χ0) is 14.5. The molecular weight excluding hydrogens is 268 g/mol. The third-order valence-electron chi connectivity index (χ3n) is 3.03. The Kier molecular flexibility index (Phi) is 4.95. The Morgan fingerprint density at radius 2 is 1.75 bits per heavy atom. The van der Waals surface area contributed by atoms with Gasteiger partial charge < -0.3 is 10.6 Å². The number of nitrogens with zero attached hydrogens (tertiary/aromatic N) is 2. The van der Waals surface area contributed by atoms with Crippen molar-refractivity contribution in [1.29, 1.82) is 0 Å². The molecule has 2 aromatic heterocycles. The van der Waals surface area contributed by atoms with Crippen LogP contribution in [-0.2, 0) is 6.54 Å². The van der Waals surface area contributed by atoms with Crippen LogP contribution in [0.25, 0.3) is 0 Å². The van der Waals surface area contributed by atoms with E-state index in [1.807, 2.05) is 18.3 Å². The minimum Gasteiger partial charge on any atom is -0.370 e. The van der Waals surface area contributed by atoms with Gasteiger partial charge in [0.15, 0.2) is 0 Å². The Morgan fingerprint density at radius 1 is 1.05 bits per heavy atom. The molecule has 0 aliphatic rings. The Bertz CT molecular complexity index is 577. The SMILES string of the molecule is CCCNc1nc(C)nc(NCc2ccc(C)s2)c1C. The fourth-order valence-electron chi connectivity index (χ4n) is 1.97. The highest BCUT2D eigenvalue weighted by Crippen LogP contribution is 2.22. The van der Waals surface area contributed by atoms with Crippen molar-refractivity contribution in [3.05, 3.63) is 33.3 Å². The fourth-order valence-corrected chi connectivity index (χ4v) is 2.80. The lowest BCUT2D eigenvalue weighted by Gasteiger charge is -2.13. The molecule has 0 aliphatic carbocycles. The van der Waals surface area contributed by atoms with E-state index in [1.54, 1.807) is 0 Å². The molecule has 5 heteroatoms. The molecule has 108 valence electrons. The van der Waals surface area contributed by atoms with Crippen LogP contribution < -0.4 is 10.6 Å². The maximum absolute atomic E-state index is 4.51. The van der Waals surface area contributed by atoms with E-state index in [9.17, 15) is 0 Å². The van der Waals surface area contributed by atoms with E-state index in [1.165, 1.54) is 9.75 Å². The quantitative estimate of drug-likeness (QED) is 0.847. The summed E-state index contributed by atoms with van der Waals surface area (Å²) in [6, 6.07) is 4.31. The van der Waals surface area contributed by atoms with E-state index in [2.05, 4.69) is 53.5 Å². The van der Waals surface area contributed by atoms with Crippen molar-refractivity contribution < 1.29 is 0 Å². The van der Waals surface area contributed by atoms with Gasteiger partial charge in [0.1, 0.15) is 17.5 Å². The third-order valence-corrected chi connectivity index (χ3v) is 4.03. The number of nitrogens with one attached hydrogen (secondary N) is 2. The van der Waals surface area contributed by atoms with Crippen molar-refractivity contribution in [2.45, 2.75) is 40.7 Å². The first-order chi connectivity index (χ1) is 9.60. The lowest BCUT2D eigenvalue weighted by Crippen LogP contribution is -2.10. The summed E-state index contributed by atoms with van der Waals surface area (Å²) in [6.45, 7) is 10.00. The van der Waals surface area contributed by atoms with E-state index in [4.69, 9.17) is 0 Å². The van der Waals surface area contributed by atoms with Gasteiger partial charge >= 0.3 is 0 Å². The van der Waals surface area contributed by atoms with E-state index < -0.39 is 0 Å². The molecule has 0 aromatic carbocycles. The van der Waals surface area contributed by atoms with Gasteiger partial charge in [0.2, 0.25) is 0 Å². The monoisotopic (exact) mass is 290 g/mol. The van der Waals surface area contributed by atoms with Gasteiger partial charge in [-0.25, -0.2) is 9.97 Å². The average Bonchev–Trinajstić information content (AvgIpc) is 2.83. The predicted molar refractivity (Wildman–Crippen MR) is 86.7 cm³/mol. The molecule has 0 radical (unpaired) electrons. The minimum absolute atomic E-state index is 0.791. The second-order valence-corrected chi connectivity index (χ2v) is 6.26. The smallest absolute Gasteiger partial charge is 0.135 e. The molecule has 0 bridgehead atoms. The van der Waals surface area contributed by atoms with Gasteiger partial charge in [0, 0.05) is 21.9 Å². The molecule has 2 aromatic rings. The molecule has 20 heavy (non-hydrogen) atoms. The summed E-state index contributed by atoms with van der Waals surface area (Å²) in [6.07, 6.45) is 1.08. The third kappa shape index (κ3) is 3.70. The first-order valence-corrected chi connectivity index (χ1v) is 7.80. The molecule has 0 saturated carbocycles. The van der Waals surface area contributed by atoms with Crippen LogP contribution >= 0.6 is 11.3 Å². The second-order valence-electron chi connectivity index (χ2n) is 4.89. The highest BCUT2D eigenvalue weighted by Gasteiger charge is 2.09. The predicted octanol–water partition coefficient (Wildman–Crippen LogP) is 3.90. The number of hydrogen-bond acceptors (Lipinski definition) is 5. The lowest BCUT2D eigenvalue weighted by molar-refractivity contribution is 0.943. The highest BCUT2D eigenvalue weighted by molar-refractivity contribution is 7.11. The number of anilines is 2. The summed E-state index contributed by atoms with van der Waals surface area (Å²) in [5.74, 6) is 2.64. The zero-order valence-corrected chi connectivity index (χ0v) is 13.4. The topological polar surface area (TPSA) is 49.8 Å². The molecule has 0 aliphatic heterocycles. The summed E-state index contributed by atoms with van der Waals surface area (Å²) >= 11 is 1.81. The largest absolute Gasteiger partial charge is 0.370 e. The highest BCUT2D eigenvalue weighted by atomic mass is 32.1. The summed E-state index contributed by atoms with van der Waals surface area (Å²) in [7, 11) is 0. The van der Waals surface area contributed by atoms with Crippen molar-refractivity contribution in [3.8, 4) is 0 Å². The number of hydrogen-bond donors (Lipinski definition) is 2. The van der Waals surface area contributed by atoms with E-state index in [-0.39, 0.29) is 0 Å². The van der Waals surface area contributed by atoms with Gasteiger partial charge in [0.25, 0.3) is 0 Å². The molecule has 2 rings (SSSR count). The molecule has 2 heterocycles. The van der Waals surface area contributed by atoms with E-state index in [0.717, 1.165) is 42.5 Å². The van der Waals surface area contributed by atoms with E-state index >= 15 is 0 Å². The molecule has 0 atom stereocenters. The second kappa shape index (κ2) is 6.70. The fraction of sp³-hybridized carbons (Fsp3) is 0.467. The van der Waals surface area contributed by atoms with Crippen LogP contribution in [0.1, 0.15) is 34.5 Å². The molecule has 2 N–H and O–H groups in total. The van der Waals surface area contributed by atoms with Gasteiger partial charge in [-0.2, -0.15) is 0 Å². The Labute approximate surface area is 124 Å². The molecule has 0 amide bonds. The summed E-state index contributed by atoms with van der Waals surface area (Å²) in [5.41, 5.74) is 1.08. The number of rotatable bonds is 6. The van der Waals surface area contributed by atoms with Gasteiger partial charge in [-0.1, -0.05) is 6.92 Å². The van der Waals surface area contributed by atoms with Gasteiger partial charge in [-0.05, 0) is 39.3 Å². The Morgan fingerprint density at radius 3 is 2.35 bits per heavy atom. The summed E-state index contributed by atoms with van der Waals surface area (Å²) in [5, 5.41) is 6.78. The van der Waals surface area contributed by atoms with Crippen LogP contribution in [0, 0.1) is 20.8 Å². The molecule has 0 unspecified atom stereocenters. The Balaban J connectivity index is 2.12. The van der Waals surface area contributed by atoms with Crippen LogP contribution in [0.15, 0.2) is 12.1 Å². The summed E-state index contributed by atoms with van der Waals surface area (Å²) < 4.78 is 0. The lowest BCUT2D eigenvalue weighted by atomic mass is 10.3. The van der Waals surface area contributed by atoms with Crippen LogP contribution in [0.5, 0.6) is 0 Å². The van der Waals surface area contributed by atoms with Crippen molar-refractivity contribution in [3.63, 3.8) is 0 Å². The van der Waals surface area contributed by atoms with Crippen molar-refractivity contribution in [2.24, 2.45) is 0 Å².